The van der Waals surface area contributed by atoms with Crippen LogP contribution in [0.4, 0.5) is 5.69 Å². The van der Waals surface area contributed by atoms with Crippen molar-refractivity contribution in [3.05, 3.63) is 42.5 Å². The van der Waals surface area contributed by atoms with Gasteiger partial charge in [-0.1, -0.05) is 30.3 Å². The number of fused-ring (bicyclic) bond motifs is 1. The molecule has 0 unspecified atom stereocenters. The third-order valence-electron chi connectivity index (χ3n) is 2.38. The van der Waals surface area contributed by atoms with Crippen molar-refractivity contribution in [3.63, 3.8) is 0 Å². The molecule has 1 amide bonds. The molecule has 86 valence electrons. The van der Waals surface area contributed by atoms with E-state index in [1.807, 2.05) is 30.3 Å². The molecule has 4 nitrogen and oxygen atoms in total. The van der Waals surface area contributed by atoms with Crippen LogP contribution in [0.5, 0.6) is 0 Å². The minimum absolute atomic E-state index is 0.569. The summed E-state index contributed by atoms with van der Waals surface area (Å²) in [6.45, 7) is 0. The molecule has 0 aliphatic carbocycles. The molecule has 0 atom stereocenters. The van der Waals surface area contributed by atoms with E-state index in [0.717, 1.165) is 10.8 Å². The second kappa shape index (κ2) is 4.65. The summed E-state index contributed by atoms with van der Waals surface area (Å²) in [5.74, 6) is -1.68. The van der Waals surface area contributed by atoms with Gasteiger partial charge in [-0.05, 0) is 22.9 Å². The molecule has 2 aromatic carbocycles. The molecule has 0 fully saturated rings. The lowest BCUT2D eigenvalue weighted by Gasteiger charge is -2.05. The Labute approximate surface area is 98.2 Å². The Kier molecular flexibility index (Phi) is 3.05. The summed E-state index contributed by atoms with van der Waals surface area (Å²) < 4.78 is 4.32. The van der Waals surface area contributed by atoms with Crippen LogP contribution >= 0.6 is 0 Å². The second-order valence-electron chi connectivity index (χ2n) is 3.51. The van der Waals surface area contributed by atoms with Crippen molar-refractivity contribution in [3.8, 4) is 0 Å². The van der Waals surface area contributed by atoms with Gasteiger partial charge in [0.2, 0.25) is 0 Å². The number of anilines is 1. The van der Waals surface area contributed by atoms with Gasteiger partial charge >= 0.3 is 11.9 Å². The SMILES string of the molecule is COC(=O)C(=O)Nc1ccc2ccccc2c1. The van der Waals surface area contributed by atoms with Crippen molar-refractivity contribution in [2.24, 2.45) is 0 Å². The van der Waals surface area contributed by atoms with Crippen LogP contribution in [-0.2, 0) is 14.3 Å². The molecule has 0 heterocycles. The topological polar surface area (TPSA) is 55.4 Å². The zero-order valence-corrected chi connectivity index (χ0v) is 9.27. The average Bonchev–Trinajstić information content (AvgIpc) is 2.37. The molecule has 0 aromatic heterocycles. The summed E-state index contributed by atoms with van der Waals surface area (Å²) >= 11 is 0. The van der Waals surface area contributed by atoms with Gasteiger partial charge in [0.25, 0.3) is 0 Å². The maximum Gasteiger partial charge on any atom is 0.396 e. The van der Waals surface area contributed by atoms with Gasteiger partial charge < -0.3 is 10.1 Å². The number of carbonyl (C=O) groups excluding carboxylic acids is 2. The number of carbonyl (C=O) groups is 2. The van der Waals surface area contributed by atoms with Crippen molar-refractivity contribution < 1.29 is 14.3 Å². The van der Waals surface area contributed by atoms with Gasteiger partial charge in [0, 0.05) is 5.69 Å². The zero-order chi connectivity index (χ0) is 12.3. The van der Waals surface area contributed by atoms with Gasteiger partial charge in [0.15, 0.2) is 0 Å². The molecule has 0 saturated carbocycles. The smallest absolute Gasteiger partial charge is 0.396 e. The van der Waals surface area contributed by atoms with Crippen LogP contribution in [0.3, 0.4) is 0 Å². The first-order chi connectivity index (χ1) is 8.20. The first-order valence-electron chi connectivity index (χ1n) is 5.09. The maximum absolute atomic E-state index is 11.3. The number of nitrogens with one attached hydrogen (secondary N) is 1. The molecule has 17 heavy (non-hydrogen) atoms. The summed E-state index contributed by atoms with van der Waals surface area (Å²) in [7, 11) is 1.17. The summed E-state index contributed by atoms with van der Waals surface area (Å²) in [4.78, 5) is 22.2. The molecule has 0 bridgehead atoms. The van der Waals surface area contributed by atoms with Gasteiger partial charge in [0.05, 0.1) is 7.11 Å². The van der Waals surface area contributed by atoms with E-state index in [9.17, 15) is 9.59 Å². The first kappa shape index (κ1) is 11.1. The summed E-state index contributed by atoms with van der Waals surface area (Å²) in [6, 6.07) is 13.2. The van der Waals surface area contributed by atoms with Gasteiger partial charge in [-0.2, -0.15) is 0 Å². The fourth-order valence-corrected chi connectivity index (χ4v) is 1.54. The number of hydrogen-bond donors (Lipinski definition) is 1. The minimum Gasteiger partial charge on any atom is -0.462 e. The van der Waals surface area contributed by atoms with Crippen molar-refractivity contribution in [2.45, 2.75) is 0 Å². The highest BCUT2D eigenvalue weighted by Crippen LogP contribution is 2.18. The number of methoxy groups -OCH3 is 1. The Hall–Kier alpha value is -2.36. The predicted molar refractivity (Wildman–Crippen MR) is 64.6 cm³/mol. The summed E-state index contributed by atoms with van der Waals surface area (Å²) in [5, 5.41) is 4.54. The number of ether oxygens (including phenoxy) is 1. The van der Waals surface area contributed by atoms with Crippen LogP contribution in [-0.4, -0.2) is 19.0 Å². The monoisotopic (exact) mass is 229 g/mol. The standard InChI is InChI=1S/C13H11NO3/c1-17-13(16)12(15)14-11-7-6-9-4-2-3-5-10(9)8-11/h2-8H,1H3,(H,14,15). The molecule has 0 saturated heterocycles. The van der Waals surface area contributed by atoms with Crippen molar-refractivity contribution in [1.29, 1.82) is 0 Å². The highest BCUT2D eigenvalue weighted by molar-refractivity contribution is 6.37. The largest absolute Gasteiger partial charge is 0.462 e. The lowest BCUT2D eigenvalue weighted by atomic mass is 10.1. The molecule has 0 radical (unpaired) electrons. The molecule has 2 rings (SSSR count). The zero-order valence-electron chi connectivity index (χ0n) is 9.27. The van der Waals surface area contributed by atoms with E-state index in [2.05, 4.69) is 10.1 Å². The normalized spacial score (nSPS) is 9.94. The van der Waals surface area contributed by atoms with Crippen LogP contribution in [0.15, 0.2) is 42.5 Å². The third kappa shape index (κ3) is 2.42. The Bertz CT molecular complexity index is 578. The van der Waals surface area contributed by atoms with Crippen molar-refractivity contribution in [2.75, 3.05) is 12.4 Å². The van der Waals surface area contributed by atoms with Gasteiger partial charge in [-0.15, -0.1) is 0 Å². The van der Waals surface area contributed by atoms with E-state index in [1.165, 1.54) is 7.11 Å². The van der Waals surface area contributed by atoms with Gasteiger partial charge in [0.1, 0.15) is 0 Å². The molecule has 2 aromatic rings. The molecule has 0 spiro atoms. The van der Waals surface area contributed by atoms with E-state index < -0.39 is 11.9 Å². The minimum atomic E-state index is -0.904. The lowest BCUT2D eigenvalue weighted by molar-refractivity contribution is -0.150. The van der Waals surface area contributed by atoms with E-state index in [0.29, 0.717) is 5.69 Å². The number of rotatable bonds is 1. The Morgan fingerprint density at radius 2 is 1.76 bits per heavy atom. The quantitative estimate of drug-likeness (QED) is 0.600. The maximum atomic E-state index is 11.3. The van der Waals surface area contributed by atoms with Crippen LogP contribution in [0.1, 0.15) is 0 Å². The predicted octanol–water partition coefficient (Wildman–Crippen LogP) is 1.95. The van der Waals surface area contributed by atoms with Gasteiger partial charge in [-0.3, -0.25) is 4.79 Å². The van der Waals surface area contributed by atoms with Crippen LogP contribution in [0.25, 0.3) is 10.8 Å². The van der Waals surface area contributed by atoms with Crippen LogP contribution < -0.4 is 5.32 Å². The molecular formula is C13H11NO3. The van der Waals surface area contributed by atoms with E-state index >= 15 is 0 Å². The summed E-state index contributed by atoms with van der Waals surface area (Å²) in [6.07, 6.45) is 0. The van der Waals surface area contributed by atoms with Crippen molar-refractivity contribution in [1.82, 2.24) is 0 Å². The van der Waals surface area contributed by atoms with Crippen molar-refractivity contribution >= 4 is 28.3 Å². The molecule has 4 heteroatoms. The van der Waals surface area contributed by atoms with Gasteiger partial charge in [-0.25, -0.2) is 4.79 Å². The molecule has 0 aliphatic heterocycles. The highest BCUT2D eigenvalue weighted by Gasteiger charge is 2.13. The third-order valence-corrected chi connectivity index (χ3v) is 2.38. The Balaban J connectivity index is 2.25. The van der Waals surface area contributed by atoms with E-state index in [4.69, 9.17) is 0 Å². The first-order valence-corrected chi connectivity index (χ1v) is 5.09. The second-order valence-corrected chi connectivity index (χ2v) is 3.51. The fourth-order valence-electron chi connectivity index (χ4n) is 1.54. The number of esters is 1. The highest BCUT2D eigenvalue weighted by atomic mass is 16.5. The Morgan fingerprint density at radius 1 is 1.06 bits per heavy atom. The molecule has 1 N–H and O–H groups in total. The lowest BCUT2D eigenvalue weighted by Crippen LogP contribution is -2.23. The average molecular weight is 229 g/mol. The number of amides is 1. The van der Waals surface area contributed by atoms with E-state index in [1.54, 1.807) is 12.1 Å². The Morgan fingerprint density at radius 3 is 2.47 bits per heavy atom. The van der Waals surface area contributed by atoms with Crippen LogP contribution in [0.2, 0.25) is 0 Å². The number of hydrogen-bond acceptors (Lipinski definition) is 3. The summed E-state index contributed by atoms with van der Waals surface area (Å²) in [5.41, 5.74) is 0.569. The fraction of sp³-hybridized carbons (Fsp3) is 0.0769. The molecule has 0 aliphatic rings. The van der Waals surface area contributed by atoms with Crippen LogP contribution in [0, 0.1) is 0 Å². The molecular weight excluding hydrogens is 218 g/mol. The number of benzene rings is 2. The van der Waals surface area contributed by atoms with E-state index in [-0.39, 0.29) is 0 Å².